The summed E-state index contributed by atoms with van der Waals surface area (Å²) < 4.78 is 1.78. The van der Waals surface area contributed by atoms with Crippen LogP contribution in [0.1, 0.15) is 28.7 Å². The summed E-state index contributed by atoms with van der Waals surface area (Å²) in [7, 11) is 0. The van der Waals surface area contributed by atoms with Crippen molar-refractivity contribution in [2.75, 3.05) is 5.32 Å². The maximum absolute atomic E-state index is 12.3. The predicted octanol–water partition coefficient (Wildman–Crippen LogP) is 3.85. The topological polar surface area (TPSA) is 84.2 Å². The lowest BCUT2D eigenvalue weighted by Crippen LogP contribution is -2.34. The molecule has 0 fully saturated rings. The number of nitrogens with zero attached hydrogens (tertiary/aromatic N) is 4. The summed E-state index contributed by atoms with van der Waals surface area (Å²) >= 11 is 6.80. The van der Waals surface area contributed by atoms with E-state index in [1.165, 1.54) is 11.3 Å². The normalized spacial score (nSPS) is 10.8. The highest BCUT2D eigenvalue weighted by Crippen LogP contribution is 2.29. The molecule has 0 aliphatic heterocycles. The Kier molecular flexibility index (Phi) is 5.32. The van der Waals surface area contributed by atoms with E-state index in [0.717, 1.165) is 39.0 Å². The molecule has 0 aliphatic rings. The van der Waals surface area contributed by atoms with Crippen LogP contribution >= 0.6 is 23.6 Å². The number of nitrogens with one attached hydrogen (secondary N) is 2. The zero-order chi connectivity index (χ0) is 20.4. The number of hydrogen-bond acceptors (Lipinski definition) is 6. The molecule has 2 N–H and O–H groups in total. The van der Waals surface area contributed by atoms with Gasteiger partial charge in [0.25, 0.3) is 5.91 Å². The zero-order valence-corrected chi connectivity index (χ0v) is 17.5. The van der Waals surface area contributed by atoms with E-state index in [0.29, 0.717) is 5.56 Å². The summed E-state index contributed by atoms with van der Waals surface area (Å²) in [5.74, 6) is 0.579. The van der Waals surface area contributed by atoms with Gasteiger partial charge in [0, 0.05) is 23.2 Å². The molecule has 9 heteroatoms. The van der Waals surface area contributed by atoms with Gasteiger partial charge in [0.2, 0.25) is 4.96 Å². The number of fused-ring (bicyclic) bond motifs is 1. The van der Waals surface area contributed by atoms with Gasteiger partial charge >= 0.3 is 0 Å². The first-order valence-corrected chi connectivity index (χ1v) is 10.3. The van der Waals surface area contributed by atoms with Gasteiger partial charge in [0.05, 0.1) is 0 Å². The predicted molar refractivity (Wildman–Crippen MR) is 118 cm³/mol. The van der Waals surface area contributed by atoms with Crippen LogP contribution < -0.4 is 10.6 Å². The Labute approximate surface area is 176 Å². The van der Waals surface area contributed by atoms with Crippen molar-refractivity contribution < 1.29 is 4.79 Å². The van der Waals surface area contributed by atoms with Crippen molar-refractivity contribution in [3.05, 3.63) is 65.5 Å². The number of hydrogen-bond donors (Lipinski definition) is 2. The van der Waals surface area contributed by atoms with E-state index in [1.807, 2.05) is 50.2 Å². The third kappa shape index (κ3) is 4.01. The largest absolute Gasteiger partial charge is 0.332 e. The van der Waals surface area contributed by atoms with Crippen molar-refractivity contribution in [2.45, 2.75) is 20.3 Å². The van der Waals surface area contributed by atoms with Crippen molar-refractivity contribution in [3.63, 3.8) is 0 Å². The number of benzene rings is 2. The van der Waals surface area contributed by atoms with Gasteiger partial charge in [-0.2, -0.15) is 9.61 Å². The fourth-order valence-electron chi connectivity index (χ4n) is 2.80. The average molecular weight is 423 g/mol. The molecule has 0 bridgehead atoms. The number of carbonyl (C=O) groups is 1. The number of carbonyl (C=O) groups excluding carboxylic acids is 1. The SMILES string of the molecule is CCc1nnc2sc(-c3ccc(C)c(NC(=S)NC(=O)c4ccccc4)c3)nn12. The van der Waals surface area contributed by atoms with Crippen LogP contribution in [0, 0.1) is 6.92 Å². The summed E-state index contributed by atoms with van der Waals surface area (Å²) in [5.41, 5.74) is 3.30. The molecule has 0 spiro atoms. The number of thiocarbonyl (C=S) groups is 1. The average Bonchev–Trinajstić information content (AvgIpc) is 3.31. The van der Waals surface area contributed by atoms with Gasteiger partial charge in [-0.3, -0.25) is 10.1 Å². The summed E-state index contributed by atoms with van der Waals surface area (Å²) in [6.07, 6.45) is 0.764. The standard InChI is InChI=1S/C20H18N6OS2/c1-3-16-23-24-20-26(16)25-18(29-20)14-10-9-12(2)15(11-14)21-19(28)22-17(27)13-7-5-4-6-8-13/h4-11H,3H2,1-2H3,(H2,21,22,27,28). The molecule has 1 amide bonds. The van der Waals surface area contributed by atoms with Gasteiger partial charge in [-0.05, 0) is 42.9 Å². The Hall–Kier alpha value is -3.17. The molecule has 4 aromatic rings. The number of aryl methyl sites for hydroxylation is 2. The highest BCUT2D eigenvalue weighted by atomic mass is 32.1. The van der Waals surface area contributed by atoms with Crippen molar-refractivity contribution in [1.29, 1.82) is 0 Å². The third-order valence-electron chi connectivity index (χ3n) is 4.37. The minimum atomic E-state index is -0.252. The second kappa shape index (κ2) is 8.06. The van der Waals surface area contributed by atoms with Crippen LogP contribution in [0.3, 0.4) is 0 Å². The summed E-state index contributed by atoms with van der Waals surface area (Å²) in [6, 6.07) is 14.9. The lowest BCUT2D eigenvalue weighted by Gasteiger charge is -2.12. The molecule has 146 valence electrons. The van der Waals surface area contributed by atoms with Gasteiger partial charge in [0.1, 0.15) is 5.01 Å². The molecule has 29 heavy (non-hydrogen) atoms. The first-order chi connectivity index (χ1) is 14.0. The number of aromatic nitrogens is 4. The number of amides is 1. The Bertz CT molecular complexity index is 1200. The highest BCUT2D eigenvalue weighted by molar-refractivity contribution is 7.80. The Morgan fingerprint density at radius 2 is 1.97 bits per heavy atom. The molecule has 0 aliphatic carbocycles. The van der Waals surface area contributed by atoms with Gasteiger partial charge in [0.15, 0.2) is 10.9 Å². The summed E-state index contributed by atoms with van der Waals surface area (Å²) in [5, 5.41) is 19.8. The van der Waals surface area contributed by atoms with Gasteiger partial charge < -0.3 is 5.32 Å². The smallest absolute Gasteiger partial charge is 0.257 e. The fourth-order valence-corrected chi connectivity index (χ4v) is 3.86. The Balaban J connectivity index is 1.54. The van der Waals surface area contributed by atoms with Gasteiger partial charge in [-0.15, -0.1) is 10.2 Å². The monoisotopic (exact) mass is 422 g/mol. The highest BCUT2D eigenvalue weighted by Gasteiger charge is 2.14. The number of anilines is 1. The lowest BCUT2D eigenvalue weighted by molar-refractivity contribution is 0.0977. The van der Waals surface area contributed by atoms with Crippen LogP contribution in [0.5, 0.6) is 0 Å². The van der Waals surface area contributed by atoms with Crippen molar-refractivity contribution in [2.24, 2.45) is 0 Å². The molecular formula is C20H18N6OS2. The van der Waals surface area contributed by atoms with Crippen LogP contribution in [-0.2, 0) is 6.42 Å². The van der Waals surface area contributed by atoms with E-state index >= 15 is 0 Å². The molecular weight excluding hydrogens is 404 g/mol. The van der Waals surface area contributed by atoms with Crippen LogP contribution in [0.2, 0.25) is 0 Å². The fraction of sp³-hybridized carbons (Fsp3) is 0.150. The van der Waals surface area contributed by atoms with Crippen molar-refractivity contribution >= 4 is 45.2 Å². The molecule has 2 heterocycles. The van der Waals surface area contributed by atoms with E-state index in [1.54, 1.807) is 16.6 Å². The Morgan fingerprint density at radius 3 is 2.72 bits per heavy atom. The van der Waals surface area contributed by atoms with Crippen LogP contribution in [0.15, 0.2) is 48.5 Å². The first kappa shape index (κ1) is 19.2. The lowest BCUT2D eigenvalue weighted by atomic mass is 10.1. The van der Waals surface area contributed by atoms with E-state index in [4.69, 9.17) is 12.2 Å². The molecule has 4 rings (SSSR count). The van der Waals surface area contributed by atoms with E-state index < -0.39 is 0 Å². The molecule has 0 radical (unpaired) electrons. The van der Waals surface area contributed by atoms with E-state index in [9.17, 15) is 4.79 Å². The molecule has 0 saturated carbocycles. The van der Waals surface area contributed by atoms with Gasteiger partial charge in [-0.25, -0.2) is 0 Å². The first-order valence-electron chi connectivity index (χ1n) is 9.04. The van der Waals surface area contributed by atoms with E-state index in [2.05, 4.69) is 25.9 Å². The van der Waals surface area contributed by atoms with Crippen molar-refractivity contribution in [1.82, 2.24) is 25.1 Å². The van der Waals surface area contributed by atoms with Crippen LogP contribution in [0.25, 0.3) is 15.5 Å². The minimum absolute atomic E-state index is 0.241. The quantitative estimate of drug-likeness (QED) is 0.486. The third-order valence-corrected chi connectivity index (χ3v) is 5.52. The van der Waals surface area contributed by atoms with Crippen molar-refractivity contribution in [3.8, 4) is 10.6 Å². The second-order valence-electron chi connectivity index (χ2n) is 6.38. The molecule has 2 aromatic carbocycles. The summed E-state index contributed by atoms with van der Waals surface area (Å²) in [4.78, 5) is 13.0. The van der Waals surface area contributed by atoms with Gasteiger partial charge in [-0.1, -0.05) is 48.6 Å². The van der Waals surface area contributed by atoms with E-state index in [-0.39, 0.29) is 11.0 Å². The molecule has 2 aromatic heterocycles. The summed E-state index contributed by atoms with van der Waals surface area (Å²) in [6.45, 7) is 4.00. The molecule has 0 unspecified atom stereocenters. The molecule has 7 nitrogen and oxygen atoms in total. The number of rotatable bonds is 4. The molecule has 0 atom stereocenters. The zero-order valence-electron chi connectivity index (χ0n) is 15.8. The molecule has 0 saturated heterocycles. The maximum Gasteiger partial charge on any atom is 0.257 e. The van der Waals surface area contributed by atoms with Crippen LogP contribution in [-0.4, -0.2) is 30.8 Å². The second-order valence-corrected chi connectivity index (χ2v) is 7.74. The maximum atomic E-state index is 12.3. The Morgan fingerprint density at radius 1 is 1.17 bits per heavy atom. The minimum Gasteiger partial charge on any atom is -0.332 e. The van der Waals surface area contributed by atoms with Crippen LogP contribution in [0.4, 0.5) is 5.69 Å².